The van der Waals surface area contributed by atoms with E-state index in [-0.39, 0.29) is 17.2 Å². The molecular weight excluding hydrogens is 387 g/mol. The fourth-order valence-electron chi connectivity index (χ4n) is 2.77. The molecule has 0 saturated heterocycles. The molecule has 6 heteroatoms. The second-order valence-corrected chi connectivity index (χ2v) is 7.66. The van der Waals surface area contributed by atoms with Gasteiger partial charge in [0, 0.05) is 16.3 Å². The SMILES string of the molecule is Cc1ccc(NC(=O)CSc2ccc(NC(=O)c3ccccc3F)cc2)c(C)c1. The number of hydrogen-bond acceptors (Lipinski definition) is 3. The van der Waals surface area contributed by atoms with Crippen molar-refractivity contribution in [1.82, 2.24) is 0 Å². The molecule has 4 nitrogen and oxygen atoms in total. The van der Waals surface area contributed by atoms with Crippen LogP contribution in [-0.4, -0.2) is 17.6 Å². The number of amides is 2. The van der Waals surface area contributed by atoms with Crippen LogP contribution in [0.5, 0.6) is 0 Å². The number of hydrogen-bond donors (Lipinski definition) is 2. The van der Waals surface area contributed by atoms with Crippen LogP contribution in [0.4, 0.5) is 15.8 Å². The quantitative estimate of drug-likeness (QED) is 0.535. The van der Waals surface area contributed by atoms with Gasteiger partial charge in [-0.2, -0.15) is 0 Å². The fourth-order valence-corrected chi connectivity index (χ4v) is 3.47. The number of thioether (sulfide) groups is 1. The normalized spacial score (nSPS) is 10.4. The van der Waals surface area contributed by atoms with Gasteiger partial charge in [0.25, 0.3) is 5.91 Å². The van der Waals surface area contributed by atoms with Crippen molar-refractivity contribution in [3.8, 4) is 0 Å². The predicted molar refractivity (Wildman–Crippen MR) is 116 cm³/mol. The van der Waals surface area contributed by atoms with Gasteiger partial charge in [0.1, 0.15) is 5.82 Å². The van der Waals surface area contributed by atoms with Gasteiger partial charge in [-0.3, -0.25) is 9.59 Å². The Morgan fingerprint density at radius 1 is 0.931 bits per heavy atom. The summed E-state index contributed by atoms with van der Waals surface area (Å²) in [6.07, 6.45) is 0. The molecule has 0 aliphatic rings. The van der Waals surface area contributed by atoms with E-state index in [9.17, 15) is 14.0 Å². The van der Waals surface area contributed by atoms with Gasteiger partial charge in [0.15, 0.2) is 0 Å². The van der Waals surface area contributed by atoms with Crippen molar-refractivity contribution in [2.24, 2.45) is 0 Å². The number of halogens is 1. The third kappa shape index (κ3) is 5.68. The highest BCUT2D eigenvalue weighted by molar-refractivity contribution is 8.00. The topological polar surface area (TPSA) is 58.2 Å². The molecule has 0 spiro atoms. The molecule has 148 valence electrons. The van der Waals surface area contributed by atoms with Crippen LogP contribution in [0.3, 0.4) is 0 Å². The first-order valence-electron chi connectivity index (χ1n) is 9.08. The molecule has 0 aromatic heterocycles. The van der Waals surface area contributed by atoms with Crippen LogP contribution in [0.25, 0.3) is 0 Å². The monoisotopic (exact) mass is 408 g/mol. The van der Waals surface area contributed by atoms with Gasteiger partial charge < -0.3 is 10.6 Å². The van der Waals surface area contributed by atoms with E-state index in [1.165, 1.54) is 30.0 Å². The maximum atomic E-state index is 13.7. The second kappa shape index (κ2) is 9.39. The van der Waals surface area contributed by atoms with E-state index in [0.717, 1.165) is 21.7 Å². The lowest BCUT2D eigenvalue weighted by molar-refractivity contribution is -0.113. The summed E-state index contributed by atoms with van der Waals surface area (Å²) in [6, 6.07) is 18.8. The lowest BCUT2D eigenvalue weighted by atomic mass is 10.1. The van der Waals surface area contributed by atoms with Crippen molar-refractivity contribution in [2.75, 3.05) is 16.4 Å². The summed E-state index contributed by atoms with van der Waals surface area (Å²) in [7, 11) is 0. The number of aryl methyl sites for hydroxylation is 2. The molecule has 0 saturated carbocycles. The lowest BCUT2D eigenvalue weighted by Crippen LogP contribution is -2.15. The lowest BCUT2D eigenvalue weighted by Gasteiger charge is -2.09. The van der Waals surface area contributed by atoms with Crippen molar-refractivity contribution in [3.05, 3.63) is 89.2 Å². The fraction of sp³-hybridized carbons (Fsp3) is 0.130. The standard InChI is InChI=1S/C23H21FN2O2S/c1-15-7-12-21(16(2)13-15)26-22(27)14-29-18-10-8-17(9-11-18)25-23(28)19-5-3-4-6-20(19)24/h3-13H,14H2,1-2H3,(H,25,28)(H,26,27). The zero-order chi connectivity index (χ0) is 20.8. The van der Waals surface area contributed by atoms with Crippen LogP contribution < -0.4 is 10.6 Å². The molecule has 2 amide bonds. The van der Waals surface area contributed by atoms with Gasteiger partial charge in [-0.15, -0.1) is 11.8 Å². The van der Waals surface area contributed by atoms with E-state index in [2.05, 4.69) is 10.6 Å². The Morgan fingerprint density at radius 3 is 2.34 bits per heavy atom. The largest absolute Gasteiger partial charge is 0.325 e. The minimum absolute atomic E-state index is 0.00554. The number of benzene rings is 3. The van der Waals surface area contributed by atoms with Crippen molar-refractivity contribution in [1.29, 1.82) is 0 Å². The number of rotatable bonds is 6. The third-order valence-electron chi connectivity index (χ3n) is 4.26. The first-order valence-corrected chi connectivity index (χ1v) is 10.1. The summed E-state index contributed by atoms with van der Waals surface area (Å²) < 4.78 is 13.7. The van der Waals surface area contributed by atoms with E-state index >= 15 is 0 Å². The van der Waals surface area contributed by atoms with Crippen molar-refractivity contribution in [3.63, 3.8) is 0 Å². The molecule has 0 bridgehead atoms. The molecule has 0 heterocycles. The Kier molecular flexibility index (Phi) is 6.67. The Bertz CT molecular complexity index is 1040. The third-order valence-corrected chi connectivity index (χ3v) is 5.27. The van der Waals surface area contributed by atoms with Gasteiger partial charge in [-0.1, -0.05) is 29.8 Å². The molecule has 3 aromatic carbocycles. The van der Waals surface area contributed by atoms with E-state index in [0.29, 0.717) is 5.69 Å². The smallest absolute Gasteiger partial charge is 0.258 e. The van der Waals surface area contributed by atoms with Crippen LogP contribution in [0.1, 0.15) is 21.5 Å². The second-order valence-electron chi connectivity index (χ2n) is 6.61. The van der Waals surface area contributed by atoms with Crippen LogP contribution >= 0.6 is 11.8 Å². The molecule has 0 atom stereocenters. The molecule has 0 fully saturated rings. The summed E-state index contributed by atoms with van der Waals surface area (Å²) in [5, 5.41) is 5.58. The number of carbonyl (C=O) groups is 2. The Morgan fingerprint density at radius 2 is 1.66 bits per heavy atom. The van der Waals surface area contributed by atoms with Crippen molar-refractivity contribution in [2.45, 2.75) is 18.7 Å². The molecule has 0 unspecified atom stereocenters. The van der Waals surface area contributed by atoms with Gasteiger partial charge in [0.05, 0.1) is 11.3 Å². The molecule has 3 rings (SSSR count). The Labute approximate surface area is 173 Å². The summed E-state index contributed by atoms with van der Waals surface area (Å²) in [5.74, 6) is -0.879. The number of nitrogens with one attached hydrogen (secondary N) is 2. The van der Waals surface area contributed by atoms with Crippen LogP contribution in [0.2, 0.25) is 0 Å². The minimum Gasteiger partial charge on any atom is -0.325 e. The summed E-state index contributed by atoms with van der Waals surface area (Å²) in [6.45, 7) is 3.97. The average molecular weight is 408 g/mol. The first-order chi connectivity index (χ1) is 13.9. The number of carbonyl (C=O) groups excluding carboxylic acids is 2. The molecule has 29 heavy (non-hydrogen) atoms. The molecular formula is C23H21FN2O2S. The first kappa shape index (κ1) is 20.6. The average Bonchev–Trinajstić information content (AvgIpc) is 2.70. The highest BCUT2D eigenvalue weighted by atomic mass is 32.2. The van der Waals surface area contributed by atoms with Crippen molar-refractivity contribution < 1.29 is 14.0 Å². The van der Waals surface area contributed by atoms with Crippen LogP contribution in [0.15, 0.2) is 71.6 Å². The summed E-state index contributed by atoms with van der Waals surface area (Å²) >= 11 is 1.40. The van der Waals surface area contributed by atoms with E-state index in [4.69, 9.17) is 0 Å². The van der Waals surface area contributed by atoms with Gasteiger partial charge >= 0.3 is 0 Å². The maximum absolute atomic E-state index is 13.7. The highest BCUT2D eigenvalue weighted by Gasteiger charge is 2.11. The molecule has 0 radical (unpaired) electrons. The predicted octanol–water partition coefficient (Wildman–Crippen LogP) is 5.43. The van der Waals surface area contributed by atoms with E-state index in [1.54, 1.807) is 18.2 Å². The molecule has 0 aliphatic heterocycles. The molecule has 3 aromatic rings. The highest BCUT2D eigenvalue weighted by Crippen LogP contribution is 2.22. The Hall–Kier alpha value is -3.12. The van der Waals surface area contributed by atoms with Crippen LogP contribution in [-0.2, 0) is 4.79 Å². The van der Waals surface area contributed by atoms with Gasteiger partial charge in [-0.05, 0) is 61.9 Å². The van der Waals surface area contributed by atoms with Crippen LogP contribution in [0, 0.1) is 19.7 Å². The summed E-state index contributed by atoms with van der Waals surface area (Å²) in [5.41, 5.74) is 3.54. The zero-order valence-corrected chi connectivity index (χ0v) is 17.0. The number of anilines is 2. The van der Waals surface area contributed by atoms with E-state index < -0.39 is 11.7 Å². The molecule has 2 N–H and O–H groups in total. The van der Waals surface area contributed by atoms with Crippen molar-refractivity contribution >= 4 is 35.0 Å². The maximum Gasteiger partial charge on any atom is 0.258 e. The van der Waals surface area contributed by atoms with E-state index in [1.807, 2.05) is 44.2 Å². The van der Waals surface area contributed by atoms with Gasteiger partial charge in [-0.25, -0.2) is 4.39 Å². The zero-order valence-electron chi connectivity index (χ0n) is 16.2. The summed E-state index contributed by atoms with van der Waals surface area (Å²) in [4.78, 5) is 25.2. The molecule has 0 aliphatic carbocycles. The Balaban J connectivity index is 1.53. The minimum atomic E-state index is -0.563. The van der Waals surface area contributed by atoms with Gasteiger partial charge in [0.2, 0.25) is 5.91 Å².